The highest BCUT2D eigenvalue weighted by molar-refractivity contribution is 5.98. The fraction of sp³-hybridized carbons (Fsp3) is 0.222. The van der Waals surface area contributed by atoms with E-state index < -0.39 is 11.7 Å². The zero-order valence-electron chi connectivity index (χ0n) is 8.04. The van der Waals surface area contributed by atoms with Crippen LogP contribution in [0.2, 0.25) is 0 Å². The first kappa shape index (κ1) is 10.3. The number of nitrogens with zero attached hydrogens (tertiary/aromatic N) is 1. The van der Waals surface area contributed by atoms with Gasteiger partial charge in [-0.15, -0.1) is 0 Å². The van der Waals surface area contributed by atoms with Gasteiger partial charge in [0.15, 0.2) is 0 Å². The molecule has 0 heterocycles. The van der Waals surface area contributed by atoms with Gasteiger partial charge in [0.1, 0.15) is 5.82 Å². The molecule has 76 valence electrons. The Balaban J connectivity index is 3.32. The van der Waals surface area contributed by atoms with Crippen molar-refractivity contribution in [3.05, 3.63) is 23.5 Å². The number of halogens is 1. The van der Waals surface area contributed by atoms with Crippen molar-refractivity contribution >= 4 is 17.3 Å². The van der Waals surface area contributed by atoms with Crippen molar-refractivity contribution in [2.24, 2.45) is 5.73 Å². The second-order valence-electron chi connectivity index (χ2n) is 3.15. The van der Waals surface area contributed by atoms with Crippen molar-refractivity contribution in [2.75, 3.05) is 24.7 Å². The summed E-state index contributed by atoms with van der Waals surface area (Å²) in [5, 5.41) is 0. The monoisotopic (exact) mass is 197 g/mol. The van der Waals surface area contributed by atoms with Gasteiger partial charge in [-0.2, -0.15) is 0 Å². The predicted octanol–water partition coefficient (Wildman–Crippen LogP) is 0.573. The molecular weight excluding hydrogens is 185 g/mol. The Morgan fingerprint density at radius 2 is 2.00 bits per heavy atom. The first-order valence-electron chi connectivity index (χ1n) is 3.99. The highest BCUT2D eigenvalue weighted by Gasteiger charge is 2.14. The summed E-state index contributed by atoms with van der Waals surface area (Å²) < 4.78 is 13.3. The molecule has 4 nitrogen and oxygen atoms in total. The largest absolute Gasteiger partial charge is 0.398 e. The number of benzene rings is 1. The Morgan fingerprint density at radius 3 is 2.36 bits per heavy atom. The number of primary amides is 1. The molecule has 0 fully saturated rings. The number of carbonyl (C=O) groups excluding carboxylic acids is 1. The van der Waals surface area contributed by atoms with Crippen molar-refractivity contribution in [3.8, 4) is 0 Å². The molecule has 1 amide bonds. The minimum atomic E-state index is -0.856. The molecule has 0 saturated carbocycles. The molecule has 0 aliphatic heterocycles. The van der Waals surface area contributed by atoms with Crippen LogP contribution in [0.1, 0.15) is 10.4 Å². The molecular formula is C9H12FN3O. The highest BCUT2D eigenvalue weighted by atomic mass is 19.1. The van der Waals surface area contributed by atoms with Crippen LogP contribution in [0.3, 0.4) is 0 Å². The fourth-order valence-corrected chi connectivity index (χ4v) is 1.13. The Kier molecular flexibility index (Phi) is 2.60. The van der Waals surface area contributed by atoms with Crippen LogP contribution in [0, 0.1) is 5.82 Å². The molecule has 0 bridgehead atoms. The van der Waals surface area contributed by atoms with Crippen molar-refractivity contribution in [1.29, 1.82) is 0 Å². The maximum atomic E-state index is 13.3. The van der Waals surface area contributed by atoms with E-state index in [1.807, 2.05) is 0 Å². The second kappa shape index (κ2) is 3.53. The zero-order valence-corrected chi connectivity index (χ0v) is 8.04. The summed E-state index contributed by atoms with van der Waals surface area (Å²) in [4.78, 5) is 12.5. The number of nitrogens with two attached hydrogens (primary N) is 2. The summed E-state index contributed by atoms with van der Waals surface area (Å²) in [5.74, 6) is -1.55. The maximum Gasteiger partial charge on any atom is 0.253 e. The first-order valence-corrected chi connectivity index (χ1v) is 3.99. The zero-order chi connectivity index (χ0) is 10.9. The van der Waals surface area contributed by atoms with E-state index in [9.17, 15) is 9.18 Å². The molecule has 0 aliphatic carbocycles. The number of carbonyl (C=O) groups is 1. The molecule has 0 aromatic heterocycles. The molecule has 14 heavy (non-hydrogen) atoms. The summed E-state index contributed by atoms with van der Waals surface area (Å²) in [6.45, 7) is 0. The lowest BCUT2D eigenvalue weighted by atomic mass is 10.1. The number of rotatable bonds is 2. The van der Waals surface area contributed by atoms with Crippen LogP contribution < -0.4 is 16.4 Å². The van der Waals surface area contributed by atoms with Crippen LogP contribution in [0.4, 0.5) is 15.8 Å². The molecule has 1 aromatic carbocycles. The van der Waals surface area contributed by atoms with E-state index in [1.165, 1.54) is 12.1 Å². The molecule has 1 rings (SSSR count). The van der Waals surface area contributed by atoms with Crippen LogP contribution in [0.25, 0.3) is 0 Å². The van der Waals surface area contributed by atoms with Gasteiger partial charge in [0.25, 0.3) is 5.91 Å². The molecule has 0 saturated heterocycles. The van der Waals surface area contributed by atoms with Crippen molar-refractivity contribution < 1.29 is 9.18 Å². The van der Waals surface area contributed by atoms with Crippen molar-refractivity contribution in [3.63, 3.8) is 0 Å². The van der Waals surface area contributed by atoms with Gasteiger partial charge in [-0.25, -0.2) is 4.39 Å². The van der Waals surface area contributed by atoms with Gasteiger partial charge in [0.2, 0.25) is 0 Å². The van der Waals surface area contributed by atoms with E-state index >= 15 is 0 Å². The van der Waals surface area contributed by atoms with Gasteiger partial charge in [-0.1, -0.05) is 0 Å². The third-order valence-corrected chi connectivity index (χ3v) is 1.87. The van der Waals surface area contributed by atoms with Crippen LogP contribution in [-0.2, 0) is 0 Å². The van der Waals surface area contributed by atoms with Crippen LogP contribution in [-0.4, -0.2) is 20.0 Å². The Labute approximate surface area is 81.3 Å². The predicted molar refractivity (Wildman–Crippen MR) is 53.7 cm³/mol. The lowest BCUT2D eigenvalue weighted by Crippen LogP contribution is -2.17. The third-order valence-electron chi connectivity index (χ3n) is 1.87. The van der Waals surface area contributed by atoms with E-state index in [4.69, 9.17) is 11.5 Å². The number of hydrogen-bond donors (Lipinski definition) is 2. The first-order chi connectivity index (χ1) is 6.43. The second-order valence-corrected chi connectivity index (χ2v) is 3.15. The molecule has 0 radical (unpaired) electrons. The quantitative estimate of drug-likeness (QED) is 0.681. The maximum absolute atomic E-state index is 13.3. The van der Waals surface area contributed by atoms with Crippen LogP contribution >= 0.6 is 0 Å². The average Bonchev–Trinajstić information content (AvgIpc) is 2.01. The van der Waals surface area contributed by atoms with Gasteiger partial charge in [0.05, 0.1) is 5.56 Å². The van der Waals surface area contributed by atoms with E-state index in [-0.39, 0.29) is 11.3 Å². The number of amides is 1. The summed E-state index contributed by atoms with van der Waals surface area (Å²) in [6.07, 6.45) is 0. The lowest BCUT2D eigenvalue weighted by Gasteiger charge is -2.14. The van der Waals surface area contributed by atoms with E-state index in [0.717, 1.165) is 0 Å². The molecule has 0 spiro atoms. The molecule has 4 N–H and O–H groups in total. The van der Waals surface area contributed by atoms with Crippen molar-refractivity contribution in [1.82, 2.24) is 0 Å². The number of anilines is 2. The lowest BCUT2D eigenvalue weighted by molar-refractivity contribution is 0.0997. The molecule has 0 atom stereocenters. The summed E-state index contributed by atoms with van der Waals surface area (Å²) in [7, 11) is 3.50. The average molecular weight is 197 g/mol. The Bertz CT molecular complexity index is 353. The van der Waals surface area contributed by atoms with Gasteiger partial charge in [0, 0.05) is 25.5 Å². The van der Waals surface area contributed by atoms with Crippen molar-refractivity contribution in [2.45, 2.75) is 0 Å². The normalized spacial score (nSPS) is 9.93. The van der Waals surface area contributed by atoms with Crippen LogP contribution in [0.15, 0.2) is 12.1 Å². The standard InChI is InChI=1S/C9H12FN3O/c1-13(2)5-3-6(10)8(9(12)14)7(11)4-5/h3-4H,11H2,1-2H3,(H2,12,14). The molecule has 1 aromatic rings. The number of nitrogen functional groups attached to an aromatic ring is 1. The van der Waals surface area contributed by atoms with Gasteiger partial charge in [-0.05, 0) is 12.1 Å². The number of hydrogen-bond acceptors (Lipinski definition) is 3. The van der Waals surface area contributed by atoms with Gasteiger partial charge < -0.3 is 16.4 Å². The summed E-state index contributed by atoms with van der Waals surface area (Å²) in [6, 6.07) is 2.72. The minimum absolute atomic E-state index is 0.0567. The summed E-state index contributed by atoms with van der Waals surface area (Å²) in [5.41, 5.74) is 10.9. The Hall–Kier alpha value is -1.78. The molecule has 5 heteroatoms. The van der Waals surface area contributed by atoms with E-state index in [1.54, 1.807) is 19.0 Å². The smallest absolute Gasteiger partial charge is 0.253 e. The van der Waals surface area contributed by atoms with Crippen LogP contribution in [0.5, 0.6) is 0 Å². The SMILES string of the molecule is CN(C)c1cc(N)c(C(N)=O)c(F)c1. The molecule has 0 aliphatic rings. The van der Waals surface area contributed by atoms with E-state index in [2.05, 4.69) is 0 Å². The fourth-order valence-electron chi connectivity index (χ4n) is 1.13. The summed E-state index contributed by atoms with van der Waals surface area (Å²) >= 11 is 0. The Morgan fingerprint density at radius 1 is 1.43 bits per heavy atom. The topological polar surface area (TPSA) is 72.3 Å². The van der Waals surface area contributed by atoms with E-state index in [0.29, 0.717) is 5.69 Å². The van der Waals surface area contributed by atoms with Gasteiger partial charge in [-0.3, -0.25) is 4.79 Å². The van der Waals surface area contributed by atoms with Gasteiger partial charge >= 0.3 is 0 Å². The highest BCUT2D eigenvalue weighted by Crippen LogP contribution is 2.23. The minimum Gasteiger partial charge on any atom is -0.398 e. The third kappa shape index (κ3) is 1.76. The molecule has 0 unspecified atom stereocenters.